The summed E-state index contributed by atoms with van der Waals surface area (Å²) in [6.07, 6.45) is 0. The molecule has 0 amide bonds. The van der Waals surface area contributed by atoms with Gasteiger partial charge in [-0.2, -0.15) is 0 Å². The standard InChI is InChI=1S/C40H24O/c1-2-11-27-23-28(18-17-25(27)9-1)38-31-13-5-7-15-33(31)39(34-16-8-6-14-32(34)38)29-20-21-36-35(24-29)40-30-12-4-3-10-26(30)19-22-37(40)41-36/h1-24H/i1D,2D,9D,11D,17D,18D,23D. The number of hydrogen-bond acceptors (Lipinski definition) is 1. The normalized spacial score (nSPS) is 14.3. The van der Waals surface area contributed by atoms with Crippen molar-refractivity contribution in [3.63, 3.8) is 0 Å². The van der Waals surface area contributed by atoms with E-state index in [-0.39, 0.29) is 40.5 Å². The van der Waals surface area contributed by atoms with Gasteiger partial charge in [-0.25, -0.2) is 0 Å². The van der Waals surface area contributed by atoms with E-state index in [0.29, 0.717) is 5.56 Å². The maximum atomic E-state index is 9.34. The fourth-order valence-corrected chi connectivity index (χ4v) is 6.32. The zero-order valence-corrected chi connectivity index (χ0v) is 21.7. The van der Waals surface area contributed by atoms with Crippen molar-refractivity contribution in [3.8, 4) is 22.3 Å². The highest BCUT2D eigenvalue weighted by molar-refractivity contribution is 6.24. The van der Waals surface area contributed by atoms with Crippen molar-refractivity contribution in [2.75, 3.05) is 0 Å². The first-order valence-electron chi connectivity index (χ1n) is 17.0. The van der Waals surface area contributed by atoms with Crippen LogP contribution in [0.3, 0.4) is 0 Å². The van der Waals surface area contributed by atoms with E-state index in [1.165, 1.54) is 0 Å². The number of hydrogen-bond donors (Lipinski definition) is 0. The highest BCUT2D eigenvalue weighted by atomic mass is 16.3. The van der Waals surface area contributed by atoms with Crippen molar-refractivity contribution in [3.05, 3.63) is 145 Å². The van der Waals surface area contributed by atoms with Gasteiger partial charge in [0.05, 0.1) is 9.60 Å². The Morgan fingerprint density at radius 1 is 0.439 bits per heavy atom. The molecular formula is C40H24O. The average molecular weight is 528 g/mol. The molecule has 9 rings (SSSR count). The Hall–Kier alpha value is -5.40. The topological polar surface area (TPSA) is 13.1 Å². The van der Waals surface area contributed by atoms with Crippen LogP contribution in [0.4, 0.5) is 0 Å². The summed E-state index contributed by atoms with van der Waals surface area (Å²) in [5, 5.41) is 7.46. The van der Waals surface area contributed by atoms with Gasteiger partial charge in [0.1, 0.15) is 11.2 Å². The Kier molecular flexibility index (Phi) is 3.47. The van der Waals surface area contributed by atoms with Crippen LogP contribution in [-0.4, -0.2) is 0 Å². The number of furan rings is 1. The Morgan fingerprint density at radius 3 is 1.78 bits per heavy atom. The van der Waals surface area contributed by atoms with Crippen LogP contribution >= 0.6 is 0 Å². The van der Waals surface area contributed by atoms with E-state index in [9.17, 15) is 1.37 Å². The Morgan fingerprint density at radius 2 is 1.05 bits per heavy atom. The van der Waals surface area contributed by atoms with Gasteiger partial charge < -0.3 is 4.42 Å². The lowest BCUT2D eigenvalue weighted by Gasteiger charge is -2.18. The van der Waals surface area contributed by atoms with Gasteiger partial charge in [0.15, 0.2) is 0 Å². The van der Waals surface area contributed by atoms with Gasteiger partial charge in [0.25, 0.3) is 0 Å². The minimum absolute atomic E-state index is 0.0567. The van der Waals surface area contributed by atoms with Crippen molar-refractivity contribution in [1.82, 2.24) is 0 Å². The van der Waals surface area contributed by atoms with Crippen LogP contribution in [0.1, 0.15) is 9.60 Å². The highest BCUT2D eigenvalue weighted by Crippen LogP contribution is 2.45. The molecule has 0 radical (unpaired) electrons. The van der Waals surface area contributed by atoms with E-state index in [0.717, 1.165) is 65.4 Å². The summed E-state index contributed by atoms with van der Waals surface area (Å²) in [7, 11) is 0. The number of fused-ring (bicyclic) bond motifs is 8. The molecule has 0 atom stereocenters. The van der Waals surface area contributed by atoms with Gasteiger partial charge in [-0.3, -0.25) is 0 Å². The highest BCUT2D eigenvalue weighted by Gasteiger charge is 2.18. The first-order chi connectivity index (χ1) is 23.3. The van der Waals surface area contributed by atoms with E-state index in [1.807, 2.05) is 72.8 Å². The molecule has 0 saturated carbocycles. The van der Waals surface area contributed by atoms with Gasteiger partial charge in [0, 0.05) is 10.8 Å². The molecule has 8 aromatic carbocycles. The monoisotopic (exact) mass is 527 g/mol. The molecule has 0 aliphatic carbocycles. The third kappa shape index (κ3) is 3.30. The second-order valence-corrected chi connectivity index (χ2v) is 10.3. The molecule has 0 N–H and O–H groups in total. The summed E-state index contributed by atoms with van der Waals surface area (Å²) in [6, 6.07) is 31.7. The minimum Gasteiger partial charge on any atom is -0.456 e. The maximum Gasteiger partial charge on any atom is 0.136 e. The molecule has 1 heteroatoms. The molecule has 0 bridgehead atoms. The van der Waals surface area contributed by atoms with Crippen molar-refractivity contribution in [2.24, 2.45) is 0 Å². The molecule has 9 aromatic rings. The first-order valence-corrected chi connectivity index (χ1v) is 13.5. The molecule has 0 aliphatic rings. The molecule has 1 heterocycles. The van der Waals surface area contributed by atoms with Crippen molar-refractivity contribution < 1.29 is 14.0 Å². The summed E-state index contributed by atoms with van der Waals surface area (Å²) >= 11 is 0. The summed E-state index contributed by atoms with van der Waals surface area (Å²) < 4.78 is 67.3. The van der Waals surface area contributed by atoms with Gasteiger partial charge in [-0.1, -0.05) is 121 Å². The Labute approximate surface area is 246 Å². The molecule has 1 nitrogen and oxygen atoms in total. The fraction of sp³-hybridized carbons (Fsp3) is 0. The predicted octanol–water partition coefficient (Wildman–Crippen LogP) is 11.5. The van der Waals surface area contributed by atoms with Crippen LogP contribution in [0.2, 0.25) is 0 Å². The van der Waals surface area contributed by atoms with Gasteiger partial charge in [-0.15, -0.1) is 0 Å². The largest absolute Gasteiger partial charge is 0.456 e. The lowest BCUT2D eigenvalue weighted by molar-refractivity contribution is 0.669. The fourth-order valence-electron chi connectivity index (χ4n) is 6.32. The van der Waals surface area contributed by atoms with E-state index >= 15 is 0 Å². The van der Waals surface area contributed by atoms with Crippen LogP contribution in [0, 0.1) is 0 Å². The van der Waals surface area contributed by atoms with Gasteiger partial charge in [0.2, 0.25) is 0 Å². The van der Waals surface area contributed by atoms with Crippen molar-refractivity contribution >= 4 is 65.0 Å². The molecule has 1 aromatic heterocycles. The van der Waals surface area contributed by atoms with Crippen molar-refractivity contribution in [1.29, 1.82) is 0 Å². The Bertz CT molecular complexity index is 2810. The first kappa shape index (κ1) is 16.6. The van der Waals surface area contributed by atoms with Crippen LogP contribution in [0.25, 0.3) is 87.3 Å². The second kappa shape index (κ2) is 8.55. The maximum absolute atomic E-state index is 9.34. The minimum atomic E-state index is -0.483. The van der Waals surface area contributed by atoms with Crippen molar-refractivity contribution in [2.45, 2.75) is 0 Å². The molecular weight excluding hydrogens is 496 g/mol. The van der Waals surface area contributed by atoms with E-state index in [1.54, 1.807) is 0 Å². The molecule has 41 heavy (non-hydrogen) atoms. The Balaban J connectivity index is 1.42. The predicted molar refractivity (Wildman–Crippen MR) is 175 cm³/mol. The summed E-state index contributed by atoms with van der Waals surface area (Å²) in [5.74, 6) is 0. The van der Waals surface area contributed by atoms with Gasteiger partial charge >= 0.3 is 0 Å². The van der Waals surface area contributed by atoms with Gasteiger partial charge in [-0.05, 0) is 89.6 Å². The summed E-state index contributed by atoms with van der Waals surface area (Å²) in [6.45, 7) is 0. The lowest BCUT2D eigenvalue weighted by atomic mass is 9.85. The second-order valence-electron chi connectivity index (χ2n) is 10.3. The van der Waals surface area contributed by atoms with E-state index < -0.39 is 18.1 Å². The molecule has 0 spiro atoms. The molecule has 0 unspecified atom stereocenters. The quantitative estimate of drug-likeness (QED) is 0.204. The molecule has 0 saturated heterocycles. The van der Waals surface area contributed by atoms with E-state index in [2.05, 4.69) is 30.3 Å². The molecule has 0 fully saturated rings. The lowest BCUT2D eigenvalue weighted by Crippen LogP contribution is -1.91. The molecule has 0 aliphatic heterocycles. The number of rotatable bonds is 2. The zero-order chi connectivity index (χ0) is 33.0. The number of benzene rings is 8. The third-order valence-electron chi connectivity index (χ3n) is 8.08. The average Bonchev–Trinajstić information content (AvgIpc) is 3.49. The van der Waals surface area contributed by atoms with Crippen LogP contribution in [-0.2, 0) is 0 Å². The van der Waals surface area contributed by atoms with Crippen LogP contribution in [0.5, 0.6) is 0 Å². The van der Waals surface area contributed by atoms with Crippen LogP contribution in [0.15, 0.2) is 150 Å². The molecule has 190 valence electrons. The van der Waals surface area contributed by atoms with Crippen LogP contribution < -0.4 is 0 Å². The third-order valence-corrected chi connectivity index (χ3v) is 8.08. The SMILES string of the molecule is [2H]c1c([2H])c([2H])c2c([2H])c(-c3c4ccccc4c(-c4ccc5oc6ccc7ccccc7c6c5c4)c4ccccc34)c([2H])c([2H])c2c1[2H]. The summed E-state index contributed by atoms with van der Waals surface area (Å²) in [5.41, 5.74) is 4.31. The zero-order valence-electron chi connectivity index (χ0n) is 28.7. The van der Waals surface area contributed by atoms with E-state index in [4.69, 9.17) is 12.6 Å². The summed E-state index contributed by atoms with van der Waals surface area (Å²) in [4.78, 5) is 0. The smallest absolute Gasteiger partial charge is 0.136 e.